The lowest BCUT2D eigenvalue weighted by molar-refractivity contribution is 0.532. The van der Waals surface area contributed by atoms with E-state index >= 15 is 0 Å². The van der Waals surface area contributed by atoms with Gasteiger partial charge >= 0.3 is 0 Å². The molecule has 1 fully saturated rings. The second kappa shape index (κ2) is 7.86. The van der Waals surface area contributed by atoms with Crippen molar-refractivity contribution < 1.29 is 4.42 Å². The molecule has 1 saturated carbocycles. The first-order valence-corrected chi connectivity index (χ1v) is 10.7. The van der Waals surface area contributed by atoms with Gasteiger partial charge in [-0.15, -0.1) is 10.2 Å². The second-order valence-corrected chi connectivity index (χ2v) is 8.13. The number of aromatic nitrogens is 6. The maximum absolute atomic E-state index is 13.4. The molecule has 0 aliphatic heterocycles. The Morgan fingerprint density at radius 3 is 2.81 bits per heavy atom. The Hall–Kier alpha value is -3.53. The standard InChI is InChI=1S/C21H21ClN8O2/c1-3-13(26-18-16(17(23)24-9-25-18)20-29-28-10(2)32-20)19-27-14-6-4-5-12(22)15(14)21(31)30(19)11-7-8-11/h4-6,9,11,13H,3,7-8H2,1-2H3,(H3,23,24,25,26). The number of benzene rings is 1. The Bertz CT molecular complexity index is 1380. The highest BCUT2D eigenvalue weighted by Gasteiger charge is 2.32. The third-order valence-corrected chi connectivity index (χ3v) is 5.78. The number of halogens is 1. The largest absolute Gasteiger partial charge is 0.421 e. The van der Waals surface area contributed by atoms with Gasteiger partial charge in [-0.25, -0.2) is 15.0 Å². The van der Waals surface area contributed by atoms with Crippen molar-refractivity contribution in [3.63, 3.8) is 0 Å². The molecule has 3 N–H and O–H groups in total. The SMILES string of the molecule is CCC(Nc1ncnc(N)c1-c1nnc(C)o1)c1nc2cccc(Cl)c2c(=O)n1C1CC1. The molecule has 5 rings (SSSR count). The van der Waals surface area contributed by atoms with E-state index < -0.39 is 0 Å². The van der Waals surface area contributed by atoms with Gasteiger partial charge in [0, 0.05) is 13.0 Å². The molecule has 1 unspecified atom stereocenters. The number of rotatable bonds is 6. The minimum atomic E-state index is -0.330. The van der Waals surface area contributed by atoms with Gasteiger partial charge in [-0.3, -0.25) is 9.36 Å². The third kappa shape index (κ3) is 3.46. The van der Waals surface area contributed by atoms with Gasteiger partial charge in [-0.05, 0) is 31.4 Å². The van der Waals surface area contributed by atoms with Crippen LogP contribution in [0.1, 0.15) is 50.0 Å². The van der Waals surface area contributed by atoms with Crippen molar-refractivity contribution in [1.29, 1.82) is 0 Å². The zero-order valence-corrected chi connectivity index (χ0v) is 18.3. The number of hydrogen-bond acceptors (Lipinski definition) is 9. The lowest BCUT2D eigenvalue weighted by Crippen LogP contribution is -2.29. The van der Waals surface area contributed by atoms with E-state index in [0.29, 0.717) is 45.4 Å². The summed E-state index contributed by atoms with van der Waals surface area (Å²) in [4.78, 5) is 26.7. The Labute approximate surface area is 187 Å². The average Bonchev–Trinajstić information content (AvgIpc) is 3.51. The van der Waals surface area contributed by atoms with E-state index in [9.17, 15) is 4.79 Å². The first-order valence-electron chi connectivity index (χ1n) is 10.4. The highest BCUT2D eigenvalue weighted by molar-refractivity contribution is 6.35. The molecule has 0 radical (unpaired) electrons. The molecule has 3 aromatic heterocycles. The van der Waals surface area contributed by atoms with Gasteiger partial charge in [0.25, 0.3) is 11.4 Å². The van der Waals surface area contributed by atoms with Crippen LogP contribution in [0.4, 0.5) is 11.6 Å². The predicted molar refractivity (Wildman–Crippen MR) is 120 cm³/mol. The van der Waals surface area contributed by atoms with Gasteiger partial charge in [0.05, 0.1) is 22.0 Å². The summed E-state index contributed by atoms with van der Waals surface area (Å²) in [5, 5.41) is 12.2. The van der Waals surface area contributed by atoms with E-state index in [-0.39, 0.29) is 29.4 Å². The Kier molecular flexibility index (Phi) is 5.01. The van der Waals surface area contributed by atoms with E-state index in [2.05, 4.69) is 25.5 Å². The first-order chi connectivity index (χ1) is 15.5. The Morgan fingerprint density at radius 2 is 2.12 bits per heavy atom. The van der Waals surface area contributed by atoms with Crippen LogP contribution in [0.2, 0.25) is 5.02 Å². The molecule has 32 heavy (non-hydrogen) atoms. The maximum atomic E-state index is 13.4. The van der Waals surface area contributed by atoms with Crippen LogP contribution >= 0.6 is 11.6 Å². The van der Waals surface area contributed by atoms with Crippen molar-refractivity contribution in [1.82, 2.24) is 29.7 Å². The lowest BCUT2D eigenvalue weighted by atomic mass is 10.1. The molecule has 3 heterocycles. The molecule has 0 spiro atoms. The van der Waals surface area contributed by atoms with Gasteiger partial charge in [-0.1, -0.05) is 24.6 Å². The summed E-state index contributed by atoms with van der Waals surface area (Å²) in [5.41, 5.74) is 6.96. The van der Waals surface area contributed by atoms with Gasteiger partial charge in [-0.2, -0.15) is 0 Å². The summed E-state index contributed by atoms with van der Waals surface area (Å²) in [6.07, 6.45) is 3.85. The normalized spacial score (nSPS) is 14.6. The molecule has 0 saturated heterocycles. The van der Waals surface area contributed by atoms with Crippen LogP contribution in [0, 0.1) is 6.92 Å². The molecule has 11 heteroatoms. The van der Waals surface area contributed by atoms with Crippen LogP contribution in [0.15, 0.2) is 33.7 Å². The molecule has 1 aliphatic carbocycles. The van der Waals surface area contributed by atoms with E-state index in [1.807, 2.05) is 6.92 Å². The zero-order valence-electron chi connectivity index (χ0n) is 17.5. The monoisotopic (exact) mass is 452 g/mol. The third-order valence-electron chi connectivity index (χ3n) is 5.47. The van der Waals surface area contributed by atoms with Crippen molar-refractivity contribution in [3.8, 4) is 11.5 Å². The van der Waals surface area contributed by atoms with Gasteiger partial charge < -0.3 is 15.5 Å². The fraction of sp³-hybridized carbons (Fsp3) is 0.333. The van der Waals surface area contributed by atoms with E-state index in [0.717, 1.165) is 12.8 Å². The summed E-state index contributed by atoms with van der Waals surface area (Å²) in [7, 11) is 0. The fourth-order valence-corrected chi connectivity index (χ4v) is 4.03. The summed E-state index contributed by atoms with van der Waals surface area (Å²) < 4.78 is 7.33. The number of nitrogen functional groups attached to an aromatic ring is 1. The minimum absolute atomic E-state index is 0.107. The second-order valence-electron chi connectivity index (χ2n) is 7.72. The summed E-state index contributed by atoms with van der Waals surface area (Å²) >= 11 is 6.34. The molecule has 0 bridgehead atoms. The Morgan fingerprint density at radius 1 is 1.31 bits per heavy atom. The van der Waals surface area contributed by atoms with Crippen LogP contribution in [-0.2, 0) is 0 Å². The van der Waals surface area contributed by atoms with Crippen LogP contribution in [0.3, 0.4) is 0 Å². The fourth-order valence-electron chi connectivity index (χ4n) is 3.78. The lowest BCUT2D eigenvalue weighted by Gasteiger charge is -2.23. The van der Waals surface area contributed by atoms with Crippen molar-refractivity contribution in [2.75, 3.05) is 11.1 Å². The number of nitrogens with zero attached hydrogens (tertiary/aromatic N) is 6. The van der Waals surface area contributed by atoms with E-state index in [1.165, 1.54) is 6.33 Å². The van der Waals surface area contributed by atoms with E-state index in [1.54, 1.807) is 29.7 Å². The van der Waals surface area contributed by atoms with Crippen LogP contribution in [0.25, 0.3) is 22.4 Å². The quantitative estimate of drug-likeness (QED) is 0.448. The smallest absolute Gasteiger partial charge is 0.263 e. The minimum Gasteiger partial charge on any atom is -0.421 e. The molecule has 164 valence electrons. The molecule has 1 atom stereocenters. The Balaban J connectivity index is 1.64. The van der Waals surface area contributed by atoms with Crippen LogP contribution < -0.4 is 16.6 Å². The predicted octanol–water partition coefficient (Wildman–Crippen LogP) is 3.68. The molecular weight excluding hydrogens is 432 g/mol. The number of hydrogen-bond donors (Lipinski definition) is 2. The summed E-state index contributed by atoms with van der Waals surface area (Å²) in [6, 6.07) is 5.07. The van der Waals surface area contributed by atoms with Gasteiger partial charge in [0.2, 0.25) is 5.89 Å². The number of nitrogens with one attached hydrogen (secondary N) is 1. The first kappa shape index (κ1) is 20.4. The highest BCUT2D eigenvalue weighted by atomic mass is 35.5. The molecule has 1 aliphatic rings. The average molecular weight is 453 g/mol. The van der Waals surface area contributed by atoms with Crippen LogP contribution in [-0.4, -0.2) is 29.7 Å². The molecule has 4 aromatic rings. The summed E-state index contributed by atoms with van der Waals surface area (Å²) in [5.74, 6) is 1.88. The topological polar surface area (TPSA) is 138 Å². The number of fused-ring (bicyclic) bond motifs is 1. The van der Waals surface area contributed by atoms with Crippen LogP contribution in [0.5, 0.6) is 0 Å². The van der Waals surface area contributed by atoms with E-state index in [4.69, 9.17) is 26.7 Å². The molecular formula is C21H21ClN8O2. The molecule has 1 aromatic carbocycles. The van der Waals surface area contributed by atoms with Crippen molar-refractivity contribution in [2.24, 2.45) is 0 Å². The number of nitrogens with two attached hydrogens (primary N) is 1. The van der Waals surface area contributed by atoms with Crippen molar-refractivity contribution in [2.45, 2.75) is 45.2 Å². The maximum Gasteiger partial charge on any atom is 0.263 e. The number of anilines is 2. The molecule has 10 nitrogen and oxygen atoms in total. The highest BCUT2D eigenvalue weighted by Crippen LogP contribution is 2.38. The zero-order chi connectivity index (χ0) is 22.4. The number of aryl methyl sites for hydroxylation is 1. The molecule has 0 amide bonds. The van der Waals surface area contributed by atoms with Crippen molar-refractivity contribution >= 4 is 34.1 Å². The van der Waals surface area contributed by atoms with Gasteiger partial charge in [0.1, 0.15) is 29.4 Å². The van der Waals surface area contributed by atoms with Gasteiger partial charge in [0.15, 0.2) is 0 Å². The summed E-state index contributed by atoms with van der Waals surface area (Å²) in [6.45, 7) is 3.70. The van der Waals surface area contributed by atoms with Crippen molar-refractivity contribution in [3.05, 3.63) is 51.6 Å².